The summed E-state index contributed by atoms with van der Waals surface area (Å²) in [6.07, 6.45) is -3.84. The van der Waals surface area contributed by atoms with Crippen LogP contribution in [0.1, 0.15) is 60.2 Å². The molecule has 0 aliphatic carbocycles. The number of alkyl halides is 7. The number of benzene rings is 3. The first-order chi connectivity index (χ1) is 21.6. The number of halogens is 7. The molecule has 0 radical (unpaired) electrons. The SMILES string of the molecule is CCCCC(C)OC(=O)c1ccc(-c2ccc(OC(=O)c3ccc(OCCCOCC(F)(F)C(F)(F)C(F)(F)F)cc3)cc2)cc1. The number of hydrogen-bond acceptors (Lipinski definition) is 6. The lowest BCUT2D eigenvalue weighted by Crippen LogP contribution is -2.54. The van der Waals surface area contributed by atoms with Crippen molar-refractivity contribution in [2.24, 2.45) is 0 Å². The molecule has 0 aliphatic heterocycles. The molecule has 3 aromatic carbocycles. The van der Waals surface area contributed by atoms with Crippen molar-refractivity contribution >= 4 is 11.9 Å². The Hall–Kier alpha value is -4.13. The number of unbranched alkanes of at least 4 members (excludes halogenated alkanes) is 1. The molecule has 1 atom stereocenters. The minimum Gasteiger partial charge on any atom is -0.494 e. The normalized spacial score (nSPS) is 12.8. The van der Waals surface area contributed by atoms with Gasteiger partial charge in [0.1, 0.15) is 18.1 Å². The average molecular weight is 659 g/mol. The fraction of sp³-hybridized carbons (Fsp3) is 0.394. The molecule has 0 saturated heterocycles. The Morgan fingerprint density at radius 2 is 1.22 bits per heavy atom. The van der Waals surface area contributed by atoms with Gasteiger partial charge in [-0.05, 0) is 73.0 Å². The Labute approximate surface area is 261 Å². The molecule has 0 amide bonds. The number of carbonyl (C=O) groups excluding carboxylic acids is 2. The molecule has 0 heterocycles. The summed E-state index contributed by atoms with van der Waals surface area (Å²) >= 11 is 0. The van der Waals surface area contributed by atoms with Crippen molar-refractivity contribution in [3.05, 3.63) is 83.9 Å². The number of carbonyl (C=O) groups is 2. The van der Waals surface area contributed by atoms with E-state index in [1.165, 1.54) is 24.3 Å². The highest BCUT2D eigenvalue weighted by Crippen LogP contribution is 2.46. The first-order valence-electron chi connectivity index (χ1n) is 14.4. The van der Waals surface area contributed by atoms with Crippen molar-refractivity contribution in [2.75, 3.05) is 19.8 Å². The molecule has 3 aromatic rings. The van der Waals surface area contributed by atoms with Crippen molar-refractivity contribution in [2.45, 2.75) is 63.7 Å². The lowest BCUT2D eigenvalue weighted by atomic mass is 10.0. The van der Waals surface area contributed by atoms with Crippen molar-refractivity contribution in [1.82, 2.24) is 0 Å². The van der Waals surface area contributed by atoms with Gasteiger partial charge in [-0.2, -0.15) is 30.7 Å². The molecule has 0 aromatic heterocycles. The Bertz CT molecular complexity index is 1410. The number of rotatable bonds is 16. The van der Waals surface area contributed by atoms with Gasteiger partial charge in [0, 0.05) is 6.42 Å². The van der Waals surface area contributed by atoms with E-state index in [1.54, 1.807) is 48.5 Å². The highest BCUT2D eigenvalue weighted by Gasteiger charge is 2.72. The first-order valence-corrected chi connectivity index (χ1v) is 14.4. The highest BCUT2D eigenvalue weighted by atomic mass is 19.4. The van der Waals surface area contributed by atoms with E-state index in [-0.39, 0.29) is 42.2 Å². The summed E-state index contributed by atoms with van der Waals surface area (Å²) in [5, 5.41) is 0. The zero-order valence-corrected chi connectivity index (χ0v) is 25.1. The fourth-order valence-corrected chi connectivity index (χ4v) is 4.02. The Balaban J connectivity index is 1.43. The van der Waals surface area contributed by atoms with Crippen LogP contribution in [0.4, 0.5) is 30.7 Å². The van der Waals surface area contributed by atoms with Crippen molar-refractivity contribution < 1.29 is 59.3 Å². The molecule has 0 spiro atoms. The fourth-order valence-electron chi connectivity index (χ4n) is 4.02. The molecule has 250 valence electrons. The van der Waals surface area contributed by atoms with Gasteiger partial charge in [-0.25, -0.2) is 9.59 Å². The number of hydrogen-bond donors (Lipinski definition) is 0. The van der Waals surface area contributed by atoms with Crippen molar-refractivity contribution in [1.29, 1.82) is 0 Å². The minimum atomic E-state index is -6.41. The van der Waals surface area contributed by atoms with Crippen molar-refractivity contribution in [3.8, 4) is 22.6 Å². The molecular weight excluding hydrogens is 625 g/mol. The van der Waals surface area contributed by atoms with E-state index in [0.29, 0.717) is 5.56 Å². The van der Waals surface area contributed by atoms with Gasteiger partial charge >= 0.3 is 30.0 Å². The maximum atomic E-state index is 13.2. The van der Waals surface area contributed by atoms with E-state index in [2.05, 4.69) is 11.7 Å². The van der Waals surface area contributed by atoms with Gasteiger partial charge < -0.3 is 18.9 Å². The molecule has 1 unspecified atom stereocenters. The third-order valence-corrected chi connectivity index (χ3v) is 6.68. The third-order valence-electron chi connectivity index (χ3n) is 6.68. The predicted molar refractivity (Wildman–Crippen MR) is 155 cm³/mol. The molecule has 0 fully saturated rings. The van der Waals surface area contributed by atoms with Gasteiger partial charge in [-0.15, -0.1) is 0 Å². The Morgan fingerprint density at radius 3 is 1.78 bits per heavy atom. The van der Waals surface area contributed by atoms with Crippen LogP contribution in [-0.2, 0) is 9.47 Å². The molecule has 0 saturated carbocycles. The third kappa shape index (κ3) is 9.93. The van der Waals surface area contributed by atoms with Crippen LogP contribution >= 0.6 is 0 Å². The topological polar surface area (TPSA) is 71.1 Å². The minimum absolute atomic E-state index is 0.0808. The standard InChI is InChI=1S/C33H33F7O6/c1-3-4-6-22(2)45-29(41)25-9-7-23(8-10-25)24-11-17-28(18-12-24)46-30(42)26-13-15-27(16-14-26)44-20-5-19-43-21-31(34,35)32(36,37)33(38,39)40/h7-18,22H,3-6,19-21H2,1-2H3. The summed E-state index contributed by atoms with van der Waals surface area (Å²) < 4.78 is 109. The summed E-state index contributed by atoms with van der Waals surface area (Å²) in [7, 11) is 0. The zero-order valence-electron chi connectivity index (χ0n) is 25.1. The maximum absolute atomic E-state index is 13.2. The second-order valence-corrected chi connectivity index (χ2v) is 10.4. The monoisotopic (exact) mass is 658 g/mol. The second kappa shape index (κ2) is 15.9. The molecule has 3 rings (SSSR count). The van der Waals surface area contributed by atoms with E-state index >= 15 is 0 Å². The van der Waals surface area contributed by atoms with Crippen LogP contribution < -0.4 is 9.47 Å². The first kappa shape index (κ1) is 36.3. The van der Waals surface area contributed by atoms with Crippen LogP contribution in [0, 0.1) is 0 Å². The van der Waals surface area contributed by atoms with Crippen molar-refractivity contribution in [3.63, 3.8) is 0 Å². The average Bonchev–Trinajstić information content (AvgIpc) is 3.01. The largest absolute Gasteiger partial charge is 0.494 e. The lowest BCUT2D eigenvalue weighted by Gasteiger charge is -2.27. The summed E-state index contributed by atoms with van der Waals surface area (Å²) in [4.78, 5) is 24.9. The summed E-state index contributed by atoms with van der Waals surface area (Å²) in [5.41, 5.74) is 2.31. The van der Waals surface area contributed by atoms with E-state index in [4.69, 9.17) is 14.2 Å². The van der Waals surface area contributed by atoms with Gasteiger partial charge in [0.2, 0.25) is 0 Å². The van der Waals surface area contributed by atoms with Crippen LogP contribution in [0.2, 0.25) is 0 Å². The van der Waals surface area contributed by atoms with Gasteiger partial charge in [-0.1, -0.05) is 44.0 Å². The van der Waals surface area contributed by atoms with Crippen LogP contribution in [-0.4, -0.2) is 55.9 Å². The van der Waals surface area contributed by atoms with Gasteiger partial charge in [0.05, 0.1) is 30.4 Å². The summed E-state index contributed by atoms with van der Waals surface area (Å²) in [5.74, 6) is -12.1. The van der Waals surface area contributed by atoms with Gasteiger partial charge in [0.15, 0.2) is 0 Å². The lowest BCUT2D eigenvalue weighted by molar-refractivity contribution is -0.361. The van der Waals surface area contributed by atoms with Gasteiger partial charge in [-0.3, -0.25) is 0 Å². The maximum Gasteiger partial charge on any atom is 0.459 e. The van der Waals surface area contributed by atoms with Gasteiger partial charge in [0.25, 0.3) is 0 Å². The molecule has 46 heavy (non-hydrogen) atoms. The van der Waals surface area contributed by atoms with E-state index < -0.39 is 37.2 Å². The second-order valence-electron chi connectivity index (χ2n) is 10.4. The van der Waals surface area contributed by atoms with E-state index in [0.717, 1.165) is 30.4 Å². The molecule has 6 nitrogen and oxygen atoms in total. The Morgan fingerprint density at radius 1 is 0.696 bits per heavy atom. The summed E-state index contributed by atoms with van der Waals surface area (Å²) in [6, 6.07) is 19.4. The molecule has 13 heteroatoms. The smallest absolute Gasteiger partial charge is 0.459 e. The van der Waals surface area contributed by atoms with Crippen LogP contribution in [0.3, 0.4) is 0 Å². The van der Waals surface area contributed by atoms with Crippen LogP contribution in [0.25, 0.3) is 11.1 Å². The quantitative estimate of drug-likeness (QED) is 0.0663. The zero-order chi connectivity index (χ0) is 34.0. The Kier molecular flexibility index (Phi) is 12.6. The van der Waals surface area contributed by atoms with Crippen LogP contribution in [0.15, 0.2) is 72.8 Å². The van der Waals surface area contributed by atoms with E-state index in [1.807, 2.05) is 6.92 Å². The number of esters is 2. The predicted octanol–water partition coefficient (Wildman–Crippen LogP) is 8.93. The molecule has 0 N–H and O–H groups in total. The van der Waals surface area contributed by atoms with E-state index in [9.17, 15) is 40.3 Å². The number of ether oxygens (including phenoxy) is 4. The molecule has 0 aliphatic rings. The highest BCUT2D eigenvalue weighted by molar-refractivity contribution is 5.91. The molecular formula is C33H33F7O6. The molecule has 0 bridgehead atoms. The van der Waals surface area contributed by atoms with Crippen LogP contribution in [0.5, 0.6) is 11.5 Å². The summed E-state index contributed by atoms with van der Waals surface area (Å²) in [6.45, 7) is 1.16.